The molecular weight excluding hydrogens is 266 g/mol. The molecule has 4 rings (SSSR count). The third-order valence-electron chi connectivity index (χ3n) is 4.17. The summed E-state index contributed by atoms with van der Waals surface area (Å²) in [6.45, 7) is 1.05. The van der Waals surface area contributed by atoms with Crippen molar-refractivity contribution < 1.29 is 0 Å². The van der Waals surface area contributed by atoms with E-state index < -0.39 is 0 Å². The average molecular weight is 285 g/mol. The van der Waals surface area contributed by atoms with Gasteiger partial charge in [0.2, 0.25) is 0 Å². The summed E-state index contributed by atoms with van der Waals surface area (Å²) in [5.74, 6) is 1.28. The van der Waals surface area contributed by atoms with Gasteiger partial charge in [0.1, 0.15) is 10.0 Å². The highest BCUT2D eigenvalue weighted by atomic mass is 32.1. The summed E-state index contributed by atoms with van der Waals surface area (Å²) in [4.78, 5) is 0. The van der Waals surface area contributed by atoms with Gasteiger partial charge in [-0.2, -0.15) is 0 Å². The molecule has 0 amide bonds. The number of rotatable bonds is 6. The highest BCUT2D eigenvalue weighted by molar-refractivity contribution is 7.11. The van der Waals surface area contributed by atoms with E-state index in [0.717, 1.165) is 19.0 Å². The van der Waals surface area contributed by atoms with E-state index in [4.69, 9.17) is 0 Å². The maximum atomic E-state index is 4.41. The minimum atomic E-state index is 0.611. The lowest BCUT2D eigenvalue weighted by atomic mass is 10.1. The van der Waals surface area contributed by atoms with Gasteiger partial charge in [0.25, 0.3) is 0 Å². The Morgan fingerprint density at radius 3 is 2.75 bits per heavy atom. The van der Waals surface area contributed by atoms with Crippen LogP contribution in [0.25, 0.3) is 0 Å². The zero-order valence-corrected chi connectivity index (χ0v) is 12.3. The second kappa shape index (κ2) is 5.26. The number of hydrogen-bond acceptors (Lipinski definition) is 4. The first-order chi connectivity index (χ1) is 9.90. The first-order valence-electron chi connectivity index (χ1n) is 7.51. The average Bonchev–Trinajstić information content (AvgIpc) is 3.40. The Bertz CT molecular complexity index is 576. The molecule has 104 valence electrons. The summed E-state index contributed by atoms with van der Waals surface area (Å²) in [5.41, 5.74) is 1.45. The van der Waals surface area contributed by atoms with Crippen LogP contribution in [0.15, 0.2) is 30.3 Å². The molecule has 1 heterocycles. The molecule has 2 unspecified atom stereocenters. The Hall–Kier alpha value is -1.26. The van der Waals surface area contributed by atoms with E-state index in [9.17, 15) is 0 Å². The maximum Gasteiger partial charge on any atom is 0.121 e. The predicted octanol–water partition coefficient (Wildman–Crippen LogP) is 3.10. The lowest BCUT2D eigenvalue weighted by molar-refractivity contribution is 0.677. The summed E-state index contributed by atoms with van der Waals surface area (Å²) < 4.78 is 0. The third kappa shape index (κ3) is 2.76. The molecule has 0 spiro atoms. The first-order valence-corrected chi connectivity index (χ1v) is 8.32. The molecule has 2 aliphatic rings. The van der Waals surface area contributed by atoms with Gasteiger partial charge >= 0.3 is 0 Å². The Balaban J connectivity index is 1.34. The fraction of sp³-hybridized carbons (Fsp3) is 0.500. The molecule has 0 bridgehead atoms. The van der Waals surface area contributed by atoms with Crippen LogP contribution in [0.5, 0.6) is 0 Å². The molecule has 1 N–H and O–H groups in total. The van der Waals surface area contributed by atoms with Crippen molar-refractivity contribution in [2.24, 2.45) is 0 Å². The number of hydrogen-bond donors (Lipinski definition) is 1. The van der Waals surface area contributed by atoms with E-state index in [-0.39, 0.29) is 0 Å². The van der Waals surface area contributed by atoms with E-state index in [2.05, 4.69) is 45.8 Å². The molecule has 2 aliphatic carbocycles. The normalized spacial score (nSPS) is 24.8. The van der Waals surface area contributed by atoms with Crippen molar-refractivity contribution in [2.75, 3.05) is 6.54 Å². The molecule has 0 aliphatic heterocycles. The van der Waals surface area contributed by atoms with Crippen molar-refractivity contribution in [3.05, 3.63) is 45.9 Å². The summed E-state index contributed by atoms with van der Waals surface area (Å²) in [7, 11) is 0. The van der Waals surface area contributed by atoms with Crippen molar-refractivity contribution in [2.45, 2.75) is 43.6 Å². The van der Waals surface area contributed by atoms with Gasteiger partial charge in [-0.1, -0.05) is 30.3 Å². The summed E-state index contributed by atoms with van der Waals surface area (Å²) >= 11 is 1.81. The highest BCUT2D eigenvalue weighted by Crippen LogP contribution is 2.55. The van der Waals surface area contributed by atoms with E-state index in [0.29, 0.717) is 11.8 Å². The van der Waals surface area contributed by atoms with Crippen LogP contribution in [-0.4, -0.2) is 22.8 Å². The second-order valence-corrected chi connectivity index (χ2v) is 6.97. The Kier molecular flexibility index (Phi) is 3.28. The van der Waals surface area contributed by atoms with Gasteiger partial charge in [0.05, 0.1) is 0 Å². The standard InChI is InChI=1S/C16H19N3S/c1-2-4-11(5-3-1)13-10-14(13)16-19-18-15(20-16)8-9-17-12-6-7-12/h1-5,12-14,17H,6-10H2. The lowest BCUT2D eigenvalue weighted by Gasteiger charge is -1.98. The topological polar surface area (TPSA) is 37.8 Å². The van der Waals surface area contributed by atoms with Crippen molar-refractivity contribution in [1.82, 2.24) is 15.5 Å². The quantitative estimate of drug-likeness (QED) is 0.886. The molecule has 2 fully saturated rings. The van der Waals surface area contributed by atoms with E-state index in [1.54, 1.807) is 0 Å². The van der Waals surface area contributed by atoms with Crippen LogP contribution in [0.4, 0.5) is 0 Å². The Labute approximate surface area is 123 Å². The highest BCUT2D eigenvalue weighted by Gasteiger charge is 2.41. The van der Waals surface area contributed by atoms with Crippen molar-refractivity contribution in [3.8, 4) is 0 Å². The van der Waals surface area contributed by atoms with E-state index in [1.165, 1.54) is 34.8 Å². The molecule has 2 aromatic rings. The lowest BCUT2D eigenvalue weighted by Crippen LogP contribution is -2.19. The smallest absolute Gasteiger partial charge is 0.121 e. The molecule has 2 atom stereocenters. The van der Waals surface area contributed by atoms with Crippen molar-refractivity contribution in [3.63, 3.8) is 0 Å². The number of aromatic nitrogens is 2. The first kappa shape index (κ1) is 12.5. The third-order valence-corrected chi connectivity index (χ3v) is 5.28. The summed E-state index contributed by atoms with van der Waals surface area (Å²) in [6, 6.07) is 11.6. The maximum absolute atomic E-state index is 4.41. The van der Waals surface area contributed by atoms with Crippen LogP contribution in [0, 0.1) is 0 Å². The number of nitrogens with zero attached hydrogens (tertiary/aromatic N) is 2. The molecular formula is C16H19N3S. The Morgan fingerprint density at radius 1 is 1.10 bits per heavy atom. The molecule has 20 heavy (non-hydrogen) atoms. The molecule has 1 aromatic heterocycles. The van der Waals surface area contributed by atoms with Crippen LogP contribution < -0.4 is 5.32 Å². The van der Waals surface area contributed by atoms with Gasteiger partial charge in [-0.25, -0.2) is 0 Å². The van der Waals surface area contributed by atoms with Gasteiger partial charge in [0, 0.05) is 24.9 Å². The van der Waals surface area contributed by atoms with Crippen LogP contribution in [0.2, 0.25) is 0 Å². The zero-order chi connectivity index (χ0) is 13.4. The molecule has 3 nitrogen and oxygen atoms in total. The van der Waals surface area contributed by atoms with Crippen LogP contribution in [0.1, 0.15) is 46.7 Å². The fourth-order valence-corrected chi connectivity index (χ4v) is 3.75. The molecule has 2 saturated carbocycles. The van der Waals surface area contributed by atoms with E-state index in [1.807, 2.05) is 11.3 Å². The molecule has 0 radical (unpaired) electrons. The minimum Gasteiger partial charge on any atom is -0.314 e. The van der Waals surface area contributed by atoms with E-state index >= 15 is 0 Å². The summed E-state index contributed by atoms with van der Waals surface area (Å²) in [5, 5.41) is 14.7. The van der Waals surface area contributed by atoms with Gasteiger partial charge in [-0.15, -0.1) is 21.5 Å². The Morgan fingerprint density at radius 2 is 1.95 bits per heavy atom. The second-order valence-electron chi connectivity index (χ2n) is 5.87. The van der Waals surface area contributed by atoms with Crippen molar-refractivity contribution >= 4 is 11.3 Å². The van der Waals surface area contributed by atoms with Gasteiger partial charge in [-0.3, -0.25) is 0 Å². The van der Waals surface area contributed by atoms with Crippen LogP contribution in [0.3, 0.4) is 0 Å². The summed E-state index contributed by atoms with van der Waals surface area (Å²) in [6.07, 6.45) is 4.96. The number of benzene rings is 1. The van der Waals surface area contributed by atoms with Crippen LogP contribution >= 0.6 is 11.3 Å². The zero-order valence-electron chi connectivity index (χ0n) is 11.5. The number of nitrogens with one attached hydrogen (secondary N) is 1. The van der Waals surface area contributed by atoms with Gasteiger partial charge < -0.3 is 5.32 Å². The predicted molar refractivity (Wildman–Crippen MR) is 81.2 cm³/mol. The SMILES string of the molecule is c1ccc(C2CC2c2nnc(CCNC3CC3)s2)cc1. The fourth-order valence-electron chi connectivity index (χ4n) is 2.72. The van der Waals surface area contributed by atoms with Crippen molar-refractivity contribution in [1.29, 1.82) is 0 Å². The van der Waals surface area contributed by atoms with Gasteiger partial charge in [0.15, 0.2) is 0 Å². The largest absolute Gasteiger partial charge is 0.314 e. The molecule has 1 aromatic carbocycles. The monoisotopic (exact) mass is 285 g/mol. The van der Waals surface area contributed by atoms with Gasteiger partial charge in [-0.05, 0) is 30.7 Å². The van der Waals surface area contributed by atoms with Crippen LogP contribution in [-0.2, 0) is 6.42 Å². The minimum absolute atomic E-state index is 0.611. The molecule has 4 heteroatoms. The molecule has 0 saturated heterocycles.